The number of nitrogens with zero attached hydrogens (tertiary/aromatic N) is 1. The summed E-state index contributed by atoms with van der Waals surface area (Å²) in [5, 5.41) is 29.4. The molecule has 0 aromatic heterocycles. The fraction of sp³-hybridized carbons (Fsp3) is 0.417. The number of aliphatic hydroxyl groups is 2. The maximum atomic E-state index is 9.11. The lowest BCUT2D eigenvalue weighted by atomic mass is 10.1. The summed E-state index contributed by atoms with van der Waals surface area (Å²) in [6, 6.07) is 7.25. The zero-order valence-electron chi connectivity index (χ0n) is 9.71. The van der Waals surface area contributed by atoms with Gasteiger partial charge in [-0.15, -0.1) is 0 Å². The van der Waals surface area contributed by atoms with E-state index in [1.807, 2.05) is 12.1 Å². The molecule has 3 N–H and O–H groups in total. The second-order valence-corrected chi connectivity index (χ2v) is 3.80. The topological polar surface area (TPSA) is 82.3 Å². The minimum absolute atomic E-state index is 0.0625. The summed E-state index contributed by atoms with van der Waals surface area (Å²) in [6.07, 6.45) is -0.283. The van der Waals surface area contributed by atoms with Gasteiger partial charge in [-0.2, -0.15) is 0 Å². The zero-order chi connectivity index (χ0) is 12.7. The van der Waals surface area contributed by atoms with Gasteiger partial charge in [0.2, 0.25) is 0 Å². The number of ether oxygens (including phenoxy) is 1. The quantitative estimate of drug-likeness (QED) is 0.390. The Bertz CT molecular complexity index is 361. The lowest BCUT2D eigenvalue weighted by Crippen LogP contribution is -2.21. The van der Waals surface area contributed by atoms with Crippen LogP contribution < -0.4 is 4.74 Å². The predicted molar refractivity (Wildman–Crippen MR) is 63.6 cm³/mol. The standard InChI is InChI=1S/C12H17NO4/c1-9(13-16)6-10-2-4-12(5-3-10)17-8-11(15)7-14/h2-5,11,14-16H,6-8H2,1H3/b13-9-. The molecule has 0 spiro atoms. The van der Waals surface area contributed by atoms with E-state index >= 15 is 0 Å². The van der Waals surface area contributed by atoms with E-state index in [9.17, 15) is 0 Å². The summed E-state index contributed by atoms with van der Waals surface area (Å²) in [6.45, 7) is 1.49. The van der Waals surface area contributed by atoms with Gasteiger partial charge in [0.25, 0.3) is 0 Å². The van der Waals surface area contributed by atoms with Crippen LogP contribution >= 0.6 is 0 Å². The van der Waals surface area contributed by atoms with Crippen molar-refractivity contribution in [2.24, 2.45) is 5.16 Å². The van der Waals surface area contributed by atoms with Gasteiger partial charge in [0.05, 0.1) is 12.3 Å². The van der Waals surface area contributed by atoms with Gasteiger partial charge in [-0.1, -0.05) is 17.3 Å². The van der Waals surface area contributed by atoms with Gasteiger partial charge in [0.15, 0.2) is 0 Å². The van der Waals surface area contributed by atoms with Gasteiger partial charge in [0.1, 0.15) is 18.5 Å². The first-order valence-electron chi connectivity index (χ1n) is 5.34. The van der Waals surface area contributed by atoms with Gasteiger partial charge in [-0.05, 0) is 24.6 Å². The van der Waals surface area contributed by atoms with Gasteiger partial charge >= 0.3 is 0 Å². The number of oxime groups is 1. The molecule has 0 heterocycles. The molecular formula is C12H17NO4. The van der Waals surface area contributed by atoms with Crippen molar-refractivity contribution in [3.05, 3.63) is 29.8 Å². The van der Waals surface area contributed by atoms with Crippen LogP contribution in [0.2, 0.25) is 0 Å². The Morgan fingerprint density at radius 3 is 2.53 bits per heavy atom. The Morgan fingerprint density at radius 1 is 1.35 bits per heavy atom. The van der Waals surface area contributed by atoms with Crippen molar-refractivity contribution >= 4 is 5.71 Å². The first-order chi connectivity index (χ1) is 8.15. The summed E-state index contributed by atoms with van der Waals surface area (Å²) in [5.41, 5.74) is 1.64. The van der Waals surface area contributed by atoms with Crippen molar-refractivity contribution in [3.63, 3.8) is 0 Å². The molecule has 0 aliphatic rings. The molecule has 0 saturated heterocycles. The van der Waals surface area contributed by atoms with E-state index in [1.165, 1.54) is 0 Å². The van der Waals surface area contributed by atoms with Gasteiger partial charge in [-0.25, -0.2) is 0 Å². The van der Waals surface area contributed by atoms with Crippen LogP contribution in [0.3, 0.4) is 0 Å². The van der Waals surface area contributed by atoms with Crippen molar-refractivity contribution in [1.82, 2.24) is 0 Å². The average molecular weight is 239 g/mol. The van der Waals surface area contributed by atoms with Crippen LogP contribution in [0, 0.1) is 0 Å². The highest BCUT2D eigenvalue weighted by Gasteiger charge is 2.03. The molecule has 1 rings (SSSR count). The summed E-state index contributed by atoms with van der Waals surface area (Å²) in [4.78, 5) is 0. The molecule has 1 unspecified atom stereocenters. The molecule has 0 aliphatic carbocycles. The summed E-state index contributed by atoms with van der Waals surface area (Å²) in [7, 11) is 0. The Hall–Kier alpha value is -1.59. The third-order valence-electron chi connectivity index (χ3n) is 2.21. The minimum Gasteiger partial charge on any atom is -0.491 e. The van der Waals surface area contributed by atoms with E-state index in [-0.39, 0.29) is 13.2 Å². The van der Waals surface area contributed by atoms with E-state index in [0.29, 0.717) is 17.9 Å². The molecule has 0 radical (unpaired) electrons. The van der Waals surface area contributed by atoms with E-state index in [4.69, 9.17) is 20.2 Å². The fourth-order valence-electron chi connectivity index (χ4n) is 1.28. The number of aliphatic hydroxyl groups excluding tert-OH is 2. The van der Waals surface area contributed by atoms with Crippen molar-refractivity contribution in [1.29, 1.82) is 0 Å². The smallest absolute Gasteiger partial charge is 0.119 e. The highest BCUT2D eigenvalue weighted by Crippen LogP contribution is 2.13. The third kappa shape index (κ3) is 4.84. The molecule has 0 fully saturated rings. The van der Waals surface area contributed by atoms with Crippen molar-refractivity contribution in [3.8, 4) is 5.75 Å². The monoisotopic (exact) mass is 239 g/mol. The molecular weight excluding hydrogens is 222 g/mol. The molecule has 1 aromatic rings. The normalized spacial score (nSPS) is 13.5. The van der Waals surface area contributed by atoms with Crippen molar-refractivity contribution in [2.75, 3.05) is 13.2 Å². The highest BCUT2D eigenvalue weighted by molar-refractivity contribution is 5.83. The number of hydrogen-bond acceptors (Lipinski definition) is 5. The van der Waals surface area contributed by atoms with E-state index < -0.39 is 6.10 Å². The van der Waals surface area contributed by atoms with Crippen LogP contribution in [-0.2, 0) is 6.42 Å². The molecule has 0 bridgehead atoms. The van der Waals surface area contributed by atoms with E-state index in [0.717, 1.165) is 5.56 Å². The Labute approximate surface area is 100.0 Å². The van der Waals surface area contributed by atoms with Crippen LogP contribution in [0.4, 0.5) is 0 Å². The maximum Gasteiger partial charge on any atom is 0.119 e. The predicted octanol–water partition coefficient (Wildman–Crippen LogP) is 0.811. The molecule has 17 heavy (non-hydrogen) atoms. The SMILES string of the molecule is C/C(Cc1ccc(OCC(O)CO)cc1)=N/O. The summed E-state index contributed by atoms with van der Waals surface area (Å²) >= 11 is 0. The molecule has 1 atom stereocenters. The molecule has 0 aliphatic heterocycles. The second-order valence-electron chi connectivity index (χ2n) is 3.80. The highest BCUT2D eigenvalue weighted by atomic mass is 16.5. The minimum atomic E-state index is -0.863. The average Bonchev–Trinajstić information content (AvgIpc) is 2.37. The second kappa shape index (κ2) is 6.88. The van der Waals surface area contributed by atoms with Crippen LogP contribution in [0.5, 0.6) is 5.75 Å². The van der Waals surface area contributed by atoms with Crippen LogP contribution in [0.15, 0.2) is 29.4 Å². The van der Waals surface area contributed by atoms with Crippen LogP contribution in [0.25, 0.3) is 0 Å². The molecule has 5 nitrogen and oxygen atoms in total. The zero-order valence-corrected chi connectivity index (χ0v) is 9.71. The molecule has 1 aromatic carbocycles. The Kier molecular flexibility index (Phi) is 5.45. The summed E-state index contributed by atoms with van der Waals surface area (Å²) < 4.78 is 5.26. The number of benzene rings is 1. The molecule has 5 heteroatoms. The van der Waals surface area contributed by atoms with Gasteiger partial charge in [-0.3, -0.25) is 0 Å². The molecule has 0 amide bonds. The van der Waals surface area contributed by atoms with Crippen molar-refractivity contribution in [2.45, 2.75) is 19.4 Å². The molecule has 94 valence electrons. The molecule has 0 saturated carbocycles. The largest absolute Gasteiger partial charge is 0.491 e. The number of rotatable bonds is 6. The Balaban J connectivity index is 2.50. The van der Waals surface area contributed by atoms with Crippen LogP contribution in [0.1, 0.15) is 12.5 Å². The van der Waals surface area contributed by atoms with Gasteiger partial charge < -0.3 is 20.2 Å². The van der Waals surface area contributed by atoms with E-state index in [1.54, 1.807) is 19.1 Å². The van der Waals surface area contributed by atoms with Gasteiger partial charge in [0, 0.05) is 6.42 Å². The van der Waals surface area contributed by atoms with Crippen molar-refractivity contribution < 1.29 is 20.2 Å². The Morgan fingerprint density at radius 2 is 2.00 bits per heavy atom. The number of hydrogen-bond donors (Lipinski definition) is 3. The van der Waals surface area contributed by atoms with Crippen LogP contribution in [-0.4, -0.2) is 40.4 Å². The first-order valence-corrected chi connectivity index (χ1v) is 5.34. The lowest BCUT2D eigenvalue weighted by Gasteiger charge is -2.10. The third-order valence-corrected chi connectivity index (χ3v) is 2.21. The fourth-order valence-corrected chi connectivity index (χ4v) is 1.28. The summed E-state index contributed by atoms with van der Waals surface area (Å²) in [5.74, 6) is 0.625. The maximum absolute atomic E-state index is 9.11. The first kappa shape index (κ1) is 13.5. The van der Waals surface area contributed by atoms with E-state index in [2.05, 4.69) is 5.16 Å². The lowest BCUT2D eigenvalue weighted by molar-refractivity contribution is 0.0536.